The van der Waals surface area contributed by atoms with Crippen LogP contribution in [0.5, 0.6) is 5.75 Å². The molecular weight excluding hydrogens is 412 g/mol. The quantitative estimate of drug-likeness (QED) is 0.305. The molecule has 5 heteroatoms. The predicted octanol–water partition coefficient (Wildman–Crippen LogP) is 6.06. The van der Waals surface area contributed by atoms with Crippen molar-refractivity contribution in [3.05, 3.63) is 114 Å². The lowest BCUT2D eigenvalue weighted by Gasteiger charge is -2.11. The molecule has 0 N–H and O–H groups in total. The molecule has 0 radical (unpaired) electrons. The van der Waals surface area contributed by atoms with Crippen LogP contribution in [-0.4, -0.2) is 22.6 Å². The van der Waals surface area contributed by atoms with Gasteiger partial charge in [0.15, 0.2) is 0 Å². The standard InChI is InChI=1S/C28H22N2O3/c1-32-28(31)22-14-12-20(13-15-22)19-33-24-16-17-25-26(18-24)30(23-10-6-3-7-11-23)27(29-25)21-8-4-2-5-9-21/h2-18H,19H2,1H3. The van der Waals surface area contributed by atoms with Crippen LogP contribution in [-0.2, 0) is 11.3 Å². The van der Waals surface area contributed by atoms with Crippen LogP contribution in [0.25, 0.3) is 28.1 Å². The van der Waals surface area contributed by atoms with E-state index in [4.69, 9.17) is 14.5 Å². The highest BCUT2D eigenvalue weighted by Crippen LogP contribution is 2.31. The molecule has 0 spiro atoms. The van der Waals surface area contributed by atoms with Crippen molar-refractivity contribution in [2.24, 2.45) is 0 Å². The number of aromatic nitrogens is 2. The molecule has 0 aliphatic rings. The molecule has 4 aromatic carbocycles. The molecule has 0 saturated carbocycles. The number of benzene rings is 4. The maximum Gasteiger partial charge on any atom is 0.337 e. The number of hydrogen-bond acceptors (Lipinski definition) is 4. The van der Waals surface area contributed by atoms with Gasteiger partial charge in [0, 0.05) is 17.3 Å². The van der Waals surface area contributed by atoms with E-state index in [0.717, 1.165) is 39.4 Å². The van der Waals surface area contributed by atoms with Gasteiger partial charge in [0.2, 0.25) is 0 Å². The zero-order valence-corrected chi connectivity index (χ0v) is 18.1. The first-order valence-corrected chi connectivity index (χ1v) is 10.7. The van der Waals surface area contributed by atoms with Crippen LogP contribution in [0.3, 0.4) is 0 Å². The van der Waals surface area contributed by atoms with E-state index in [1.54, 1.807) is 12.1 Å². The molecule has 0 aliphatic carbocycles. The van der Waals surface area contributed by atoms with Crippen molar-refractivity contribution >= 4 is 17.0 Å². The predicted molar refractivity (Wildman–Crippen MR) is 129 cm³/mol. The van der Waals surface area contributed by atoms with Crippen molar-refractivity contribution in [3.8, 4) is 22.8 Å². The maximum absolute atomic E-state index is 11.6. The van der Waals surface area contributed by atoms with Gasteiger partial charge in [-0.05, 0) is 42.0 Å². The Labute approximate surface area is 191 Å². The monoisotopic (exact) mass is 434 g/mol. The summed E-state index contributed by atoms with van der Waals surface area (Å²) in [7, 11) is 1.37. The summed E-state index contributed by atoms with van der Waals surface area (Å²) in [6.45, 7) is 0.387. The summed E-state index contributed by atoms with van der Waals surface area (Å²) >= 11 is 0. The number of esters is 1. The Morgan fingerprint density at radius 1 is 0.848 bits per heavy atom. The SMILES string of the molecule is COC(=O)c1ccc(COc2ccc3nc(-c4ccccc4)n(-c4ccccc4)c3c2)cc1. The molecule has 0 amide bonds. The fourth-order valence-electron chi connectivity index (χ4n) is 3.79. The Hall–Kier alpha value is -4.38. The lowest BCUT2D eigenvalue weighted by atomic mass is 10.1. The number of nitrogens with zero attached hydrogens (tertiary/aromatic N) is 2. The van der Waals surface area contributed by atoms with Gasteiger partial charge in [-0.2, -0.15) is 0 Å². The Bertz CT molecular complexity index is 1390. The zero-order valence-electron chi connectivity index (χ0n) is 18.1. The summed E-state index contributed by atoms with van der Waals surface area (Å²) in [5.41, 5.74) is 5.43. The highest BCUT2D eigenvalue weighted by atomic mass is 16.5. The average molecular weight is 434 g/mol. The number of fused-ring (bicyclic) bond motifs is 1. The van der Waals surface area contributed by atoms with Gasteiger partial charge in [-0.25, -0.2) is 9.78 Å². The molecule has 0 fully saturated rings. The van der Waals surface area contributed by atoms with E-state index in [0.29, 0.717) is 12.2 Å². The molecule has 0 bridgehead atoms. The highest BCUT2D eigenvalue weighted by molar-refractivity contribution is 5.89. The summed E-state index contributed by atoms with van der Waals surface area (Å²) in [5, 5.41) is 0. The third kappa shape index (κ3) is 4.21. The minimum absolute atomic E-state index is 0.351. The van der Waals surface area contributed by atoms with Gasteiger partial charge in [-0.1, -0.05) is 60.7 Å². The molecule has 0 aliphatic heterocycles. The topological polar surface area (TPSA) is 53.4 Å². The highest BCUT2D eigenvalue weighted by Gasteiger charge is 2.15. The first-order valence-electron chi connectivity index (χ1n) is 10.7. The van der Waals surface area contributed by atoms with Gasteiger partial charge in [0.1, 0.15) is 18.2 Å². The maximum atomic E-state index is 11.6. The minimum Gasteiger partial charge on any atom is -0.489 e. The first-order chi connectivity index (χ1) is 16.2. The summed E-state index contributed by atoms with van der Waals surface area (Å²) in [6.07, 6.45) is 0. The van der Waals surface area contributed by atoms with Crippen LogP contribution >= 0.6 is 0 Å². The van der Waals surface area contributed by atoms with E-state index in [2.05, 4.69) is 28.8 Å². The van der Waals surface area contributed by atoms with Crippen molar-refractivity contribution in [2.45, 2.75) is 6.61 Å². The molecule has 1 aromatic heterocycles. The van der Waals surface area contributed by atoms with E-state index >= 15 is 0 Å². The van der Waals surface area contributed by atoms with Crippen molar-refractivity contribution in [3.63, 3.8) is 0 Å². The minimum atomic E-state index is -0.351. The van der Waals surface area contributed by atoms with Crippen molar-refractivity contribution in [2.75, 3.05) is 7.11 Å². The second-order valence-electron chi connectivity index (χ2n) is 7.60. The number of ether oxygens (including phenoxy) is 2. The summed E-state index contributed by atoms with van der Waals surface area (Å²) in [5.74, 6) is 1.28. The van der Waals surface area contributed by atoms with Gasteiger partial charge in [0.25, 0.3) is 0 Å². The summed E-state index contributed by atoms with van der Waals surface area (Å²) < 4.78 is 13.0. The number of imidazole rings is 1. The van der Waals surface area contributed by atoms with Gasteiger partial charge < -0.3 is 9.47 Å². The Kier molecular flexibility index (Phi) is 5.60. The van der Waals surface area contributed by atoms with E-state index in [-0.39, 0.29) is 5.97 Å². The molecule has 1 heterocycles. The van der Waals surface area contributed by atoms with E-state index < -0.39 is 0 Å². The second-order valence-corrected chi connectivity index (χ2v) is 7.60. The van der Waals surface area contributed by atoms with Crippen LogP contribution in [0.4, 0.5) is 0 Å². The number of hydrogen-bond donors (Lipinski definition) is 0. The number of rotatable bonds is 6. The third-order valence-electron chi connectivity index (χ3n) is 5.45. The average Bonchev–Trinajstić information content (AvgIpc) is 3.27. The van der Waals surface area contributed by atoms with Crippen LogP contribution in [0.2, 0.25) is 0 Å². The van der Waals surface area contributed by atoms with Crippen LogP contribution in [0, 0.1) is 0 Å². The lowest BCUT2D eigenvalue weighted by Crippen LogP contribution is -2.02. The van der Waals surface area contributed by atoms with Gasteiger partial charge in [0.05, 0.1) is 23.7 Å². The molecule has 0 atom stereocenters. The lowest BCUT2D eigenvalue weighted by molar-refractivity contribution is 0.0600. The molecule has 5 nitrogen and oxygen atoms in total. The van der Waals surface area contributed by atoms with Crippen LogP contribution in [0.1, 0.15) is 15.9 Å². The van der Waals surface area contributed by atoms with Gasteiger partial charge in [-0.15, -0.1) is 0 Å². The smallest absolute Gasteiger partial charge is 0.337 e. The Balaban J connectivity index is 1.49. The summed E-state index contributed by atoms with van der Waals surface area (Å²) in [4.78, 5) is 16.5. The number of methoxy groups -OCH3 is 1. The fraction of sp³-hybridized carbons (Fsp3) is 0.0714. The molecule has 5 aromatic rings. The Morgan fingerprint density at radius 2 is 1.55 bits per heavy atom. The van der Waals surface area contributed by atoms with E-state index in [9.17, 15) is 4.79 Å². The summed E-state index contributed by atoms with van der Waals surface area (Å²) in [6, 6.07) is 33.5. The number of para-hydroxylation sites is 1. The normalized spacial score (nSPS) is 10.8. The van der Waals surface area contributed by atoms with E-state index in [1.165, 1.54) is 7.11 Å². The van der Waals surface area contributed by atoms with Gasteiger partial charge >= 0.3 is 5.97 Å². The molecule has 162 valence electrons. The Morgan fingerprint density at radius 3 is 2.24 bits per heavy atom. The fourth-order valence-corrected chi connectivity index (χ4v) is 3.79. The number of carbonyl (C=O) groups is 1. The molecular formula is C28H22N2O3. The molecule has 5 rings (SSSR count). The third-order valence-corrected chi connectivity index (χ3v) is 5.45. The first kappa shape index (κ1) is 20.5. The zero-order chi connectivity index (χ0) is 22.6. The second kappa shape index (κ2) is 9.01. The molecule has 0 unspecified atom stereocenters. The van der Waals surface area contributed by atoms with Crippen LogP contribution in [0.15, 0.2) is 103 Å². The van der Waals surface area contributed by atoms with E-state index in [1.807, 2.05) is 66.7 Å². The molecule has 33 heavy (non-hydrogen) atoms. The van der Waals surface area contributed by atoms with Crippen LogP contribution < -0.4 is 4.74 Å². The van der Waals surface area contributed by atoms with Gasteiger partial charge in [-0.3, -0.25) is 4.57 Å². The van der Waals surface area contributed by atoms with Crippen molar-refractivity contribution in [1.82, 2.24) is 9.55 Å². The van der Waals surface area contributed by atoms with Crippen molar-refractivity contribution in [1.29, 1.82) is 0 Å². The number of carbonyl (C=O) groups excluding carboxylic acids is 1. The van der Waals surface area contributed by atoms with Crippen molar-refractivity contribution < 1.29 is 14.3 Å². The molecule has 0 saturated heterocycles. The largest absolute Gasteiger partial charge is 0.489 e.